The van der Waals surface area contributed by atoms with Crippen molar-refractivity contribution in [3.63, 3.8) is 0 Å². The highest BCUT2D eigenvalue weighted by Gasteiger charge is 2.12. The van der Waals surface area contributed by atoms with Crippen molar-refractivity contribution in [2.45, 2.75) is 18.9 Å². The summed E-state index contributed by atoms with van der Waals surface area (Å²) in [6, 6.07) is -1.06. The van der Waals surface area contributed by atoms with Crippen molar-refractivity contribution in [1.29, 1.82) is 0 Å². The first-order valence-corrected chi connectivity index (χ1v) is 2.74. The number of hydrogen-bond donors (Lipinski definition) is 5. The average molecular weight is 181 g/mol. The van der Waals surface area contributed by atoms with Crippen LogP contribution < -0.4 is 18.0 Å². The molecule has 0 bridgehead atoms. The molecule has 7 nitrogen and oxygen atoms in total. The van der Waals surface area contributed by atoms with Crippen molar-refractivity contribution < 1.29 is 19.8 Å². The summed E-state index contributed by atoms with van der Waals surface area (Å²) in [6.07, 6.45) is -0.224. The summed E-state index contributed by atoms with van der Waals surface area (Å²) in [7, 11) is 0. The molecule has 0 aromatic carbocycles. The first-order valence-electron chi connectivity index (χ1n) is 2.74. The third-order valence-corrected chi connectivity index (χ3v) is 0.986. The van der Waals surface area contributed by atoms with Crippen LogP contribution in [0, 0.1) is 0 Å². The maximum Gasteiger partial charge on any atom is 0.320 e. The number of carbonyl (C=O) groups is 2. The fraction of sp³-hybridized carbons (Fsp3) is 0.600. The number of hydrogen-bond acceptors (Lipinski definition) is 5. The highest BCUT2D eigenvalue weighted by molar-refractivity contribution is 5.74. The third kappa shape index (κ3) is 8.82. The predicted molar refractivity (Wildman–Crippen MR) is 42.5 cm³/mol. The van der Waals surface area contributed by atoms with Crippen LogP contribution >= 0.6 is 0 Å². The van der Waals surface area contributed by atoms with E-state index in [1.165, 1.54) is 0 Å². The number of carboxylic acids is 2. The summed E-state index contributed by atoms with van der Waals surface area (Å²) in [4.78, 5) is 19.9. The molecule has 0 rings (SSSR count). The van der Waals surface area contributed by atoms with Crippen LogP contribution in [0.15, 0.2) is 0 Å². The fourth-order valence-corrected chi connectivity index (χ4v) is 0.402. The standard InChI is InChI=1S/C5H9NO4.2H3N/c6-3(5(9)10)1-2-4(7)8;;/h3H,1-2,6H2,(H,7,8)(H,9,10);2*1H3/t3-;;/m0../s1. The van der Waals surface area contributed by atoms with Crippen molar-refractivity contribution >= 4 is 11.9 Å². The summed E-state index contributed by atoms with van der Waals surface area (Å²) in [5.74, 6) is -2.20. The van der Waals surface area contributed by atoms with E-state index < -0.39 is 18.0 Å². The molecule has 0 saturated carbocycles. The summed E-state index contributed by atoms with van der Waals surface area (Å²) < 4.78 is 0. The van der Waals surface area contributed by atoms with Crippen molar-refractivity contribution in [2.24, 2.45) is 5.73 Å². The second-order valence-electron chi connectivity index (χ2n) is 1.88. The number of aliphatic carboxylic acids is 2. The van der Waals surface area contributed by atoms with Gasteiger partial charge in [0.25, 0.3) is 0 Å². The summed E-state index contributed by atoms with van der Waals surface area (Å²) >= 11 is 0. The van der Waals surface area contributed by atoms with Gasteiger partial charge in [-0.2, -0.15) is 0 Å². The molecule has 1 atom stereocenters. The molecular weight excluding hydrogens is 166 g/mol. The van der Waals surface area contributed by atoms with E-state index in [1.807, 2.05) is 0 Å². The van der Waals surface area contributed by atoms with E-state index in [-0.39, 0.29) is 25.1 Å². The molecule has 0 radical (unpaired) electrons. The lowest BCUT2D eigenvalue weighted by atomic mass is 10.2. The van der Waals surface area contributed by atoms with Gasteiger partial charge in [0.2, 0.25) is 0 Å². The highest BCUT2D eigenvalue weighted by atomic mass is 16.4. The number of carboxylic acid groups (broad SMARTS) is 2. The van der Waals surface area contributed by atoms with Gasteiger partial charge in [-0.15, -0.1) is 0 Å². The van der Waals surface area contributed by atoms with Gasteiger partial charge < -0.3 is 28.2 Å². The minimum atomic E-state index is -1.17. The molecule has 0 aliphatic rings. The zero-order valence-corrected chi connectivity index (χ0v) is 6.69. The molecule has 0 heterocycles. The Morgan fingerprint density at radius 2 is 1.67 bits per heavy atom. The van der Waals surface area contributed by atoms with E-state index in [0.717, 1.165) is 0 Å². The second kappa shape index (κ2) is 7.92. The van der Waals surface area contributed by atoms with Gasteiger partial charge in [-0.3, -0.25) is 9.59 Å². The van der Waals surface area contributed by atoms with Crippen LogP contribution in [0.25, 0.3) is 0 Å². The minimum Gasteiger partial charge on any atom is -0.481 e. The van der Waals surface area contributed by atoms with Gasteiger partial charge in [0.05, 0.1) is 0 Å². The van der Waals surface area contributed by atoms with Crippen molar-refractivity contribution in [2.75, 3.05) is 0 Å². The van der Waals surface area contributed by atoms with Crippen LogP contribution in [0.2, 0.25) is 0 Å². The topological polar surface area (TPSA) is 171 Å². The molecule has 0 fully saturated rings. The van der Waals surface area contributed by atoms with E-state index in [4.69, 9.17) is 15.9 Å². The molecule has 12 heavy (non-hydrogen) atoms. The van der Waals surface area contributed by atoms with Gasteiger partial charge in [0.15, 0.2) is 0 Å². The lowest BCUT2D eigenvalue weighted by molar-refractivity contribution is -0.139. The van der Waals surface area contributed by atoms with Gasteiger partial charge in [-0.05, 0) is 6.42 Å². The molecule has 0 aliphatic carbocycles. The van der Waals surface area contributed by atoms with Gasteiger partial charge in [0, 0.05) is 6.42 Å². The third-order valence-electron chi connectivity index (χ3n) is 0.986. The Kier molecular flexibility index (Phi) is 11.3. The molecule has 0 saturated heterocycles. The maximum absolute atomic E-state index is 9.99. The Morgan fingerprint density at radius 3 is 1.92 bits per heavy atom. The van der Waals surface area contributed by atoms with Crippen LogP contribution in [0.1, 0.15) is 12.8 Å². The van der Waals surface area contributed by atoms with Crippen molar-refractivity contribution in [1.82, 2.24) is 12.3 Å². The van der Waals surface area contributed by atoms with Crippen LogP contribution in [-0.2, 0) is 9.59 Å². The smallest absolute Gasteiger partial charge is 0.320 e. The van der Waals surface area contributed by atoms with Crippen LogP contribution in [0.5, 0.6) is 0 Å². The van der Waals surface area contributed by atoms with Crippen LogP contribution in [0.4, 0.5) is 0 Å². The zero-order valence-electron chi connectivity index (χ0n) is 6.69. The van der Waals surface area contributed by atoms with Gasteiger partial charge >= 0.3 is 11.9 Å². The molecular formula is C5H15N3O4. The van der Waals surface area contributed by atoms with E-state index in [0.29, 0.717) is 0 Å². The highest BCUT2D eigenvalue weighted by Crippen LogP contribution is 1.93. The van der Waals surface area contributed by atoms with E-state index in [1.54, 1.807) is 0 Å². The van der Waals surface area contributed by atoms with E-state index in [2.05, 4.69) is 0 Å². The lowest BCUT2D eigenvalue weighted by Crippen LogP contribution is -2.30. The molecule has 10 N–H and O–H groups in total. The normalized spacial score (nSPS) is 10.4. The molecule has 0 aliphatic heterocycles. The average Bonchev–Trinajstić information content (AvgIpc) is 1.82. The summed E-state index contributed by atoms with van der Waals surface area (Å²) in [5.41, 5.74) is 5.00. The van der Waals surface area contributed by atoms with E-state index >= 15 is 0 Å². The van der Waals surface area contributed by atoms with Crippen LogP contribution in [0.3, 0.4) is 0 Å². The maximum atomic E-state index is 9.99. The Balaban J connectivity index is -0.000000405. The molecule has 74 valence electrons. The molecule has 0 aromatic rings. The van der Waals surface area contributed by atoms with Crippen molar-refractivity contribution in [3.8, 4) is 0 Å². The molecule has 0 aromatic heterocycles. The molecule has 0 unspecified atom stereocenters. The molecule has 7 heteroatoms. The Bertz CT molecular complexity index is 150. The van der Waals surface area contributed by atoms with E-state index in [9.17, 15) is 9.59 Å². The van der Waals surface area contributed by atoms with Crippen molar-refractivity contribution in [3.05, 3.63) is 0 Å². The largest absolute Gasteiger partial charge is 0.481 e. The summed E-state index contributed by atoms with van der Waals surface area (Å²) in [5, 5.41) is 16.3. The minimum absolute atomic E-state index is 0. The molecule has 0 spiro atoms. The Labute approximate surface area is 69.7 Å². The van der Waals surface area contributed by atoms with Crippen LogP contribution in [-0.4, -0.2) is 28.2 Å². The SMILES string of the molecule is N.N.N[C@@H](CCC(=O)O)C(=O)O. The zero-order chi connectivity index (χ0) is 8.15. The second-order valence-corrected chi connectivity index (χ2v) is 1.88. The first-order chi connectivity index (χ1) is 4.54. The quantitative estimate of drug-likeness (QED) is 0.392. The number of rotatable bonds is 4. The monoisotopic (exact) mass is 181 g/mol. The lowest BCUT2D eigenvalue weighted by Gasteiger charge is -2.01. The number of nitrogens with two attached hydrogens (primary N) is 1. The summed E-state index contributed by atoms with van der Waals surface area (Å²) in [6.45, 7) is 0. The fourth-order valence-electron chi connectivity index (χ4n) is 0.402. The van der Waals surface area contributed by atoms with Gasteiger partial charge in [0.1, 0.15) is 6.04 Å². The first kappa shape index (κ1) is 17.1. The van der Waals surface area contributed by atoms with Gasteiger partial charge in [-0.1, -0.05) is 0 Å². The van der Waals surface area contributed by atoms with Gasteiger partial charge in [-0.25, -0.2) is 0 Å². The molecule has 0 amide bonds. The Morgan fingerprint density at radius 1 is 1.25 bits per heavy atom. The Hall–Kier alpha value is -1.18. The predicted octanol–water partition coefficient (Wildman–Crippen LogP) is -0.413.